The molecule has 5 N–H and O–H groups in total. The number of hydrogen-bond donors (Lipinski definition) is 5. The van der Waals surface area contributed by atoms with Gasteiger partial charge in [-0.05, 0) is 22.3 Å². The highest BCUT2D eigenvalue weighted by Crippen LogP contribution is 2.44. The fourth-order valence-electron chi connectivity index (χ4n) is 7.30. The van der Waals surface area contributed by atoms with E-state index in [4.69, 9.17) is 4.74 Å². The molecule has 5 rings (SSSR count). The van der Waals surface area contributed by atoms with Crippen molar-refractivity contribution in [2.75, 3.05) is 85.1 Å². The number of rotatable bonds is 10. The predicted octanol–water partition coefficient (Wildman–Crippen LogP) is -0.0908. The lowest BCUT2D eigenvalue weighted by Gasteiger charge is -2.37. The molecular weight excluding hydrogens is 654 g/mol. The Balaban J connectivity index is 1.35. The second kappa shape index (κ2) is 16.4. The molecule has 270 valence electrons. The molecule has 2 heterocycles. The van der Waals surface area contributed by atoms with E-state index in [1.54, 1.807) is 19.6 Å². The highest BCUT2D eigenvalue weighted by Gasteiger charge is 2.51. The number of aliphatic carboxylic acids is 4. The molecule has 50 heavy (non-hydrogen) atoms. The minimum Gasteiger partial charge on any atom is -0.480 e. The van der Waals surface area contributed by atoms with Gasteiger partial charge in [-0.25, -0.2) is 9.59 Å². The third-order valence-corrected chi connectivity index (χ3v) is 9.63. The molecule has 3 atom stereocenters. The summed E-state index contributed by atoms with van der Waals surface area (Å²) in [5.74, 6) is -4.91. The molecule has 2 aliphatic heterocycles. The van der Waals surface area contributed by atoms with E-state index in [9.17, 15) is 49.5 Å². The first-order chi connectivity index (χ1) is 23.9. The van der Waals surface area contributed by atoms with E-state index in [0.29, 0.717) is 0 Å². The zero-order valence-corrected chi connectivity index (χ0v) is 27.5. The van der Waals surface area contributed by atoms with Crippen LogP contribution in [0.2, 0.25) is 0 Å². The number of carbonyl (C=O) groups is 5. The lowest BCUT2D eigenvalue weighted by Crippen LogP contribution is -2.57. The summed E-state index contributed by atoms with van der Waals surface area (Å²) in [5, 5.41) is 50.2. The number of aliphatic hydroxyl groups is 1. The Morgan fingerprint density at radius 3 is 1.48 bits per heavy atom. The molecule has 0 radical (unpaired) electrons. The fraction of sp³-hybridized carbons (Fsp3) is 0.500. The molecule has 0 aromatic heterocycles. The zero-order valence-electron chi connectivity index (χ0n) is 27.5. The molecule has 16 heteroatoms. The van der Waals surface area contributed by atoms with Crippen LogP contribution in [0.4, 0.5) is 4.79 Å². The molecule has 16 nitrogen and oxygen atoms in total. The Labute approximate surface area is 288 Å². The van der Waals surface area contributed by atoms with Crippen molar-refractivity contribution in [2.24, 2.45) is 0 Å². The van der Waals surface area contributed by atoms with Gasteiger partial charge in [0.1, 0.15) is 6.61 Å². The second-order valence-electron chi connectivity index (χ2n) is 12.8. The summed E-state index contributed by atoms with van der Waals surface area (Å²) in [6.07, 6.45) is -2.20. The first kappa shape index (κ1) is 36.7. The summed E-state index contributed by atoms with van der Waals surface area (Å²) < 4.78 is 5.76. The van der Waals surface area contributed by atoms with Crippen LogP contribution in [0, 0.1) is 0 Å². The van der Waals surface area contributed by atoms with Crippen LogP contribution in [0.5, 0.6) is 0 Å². The Kier molecular flexibility index (Phi) is 12.0. The minimum atomic E-state index is -1.51. The van der Waals surface area contributed by atoms with Gasteiger partial charge in [-0.15, -0.1) is 0 Å². The molecule has 0 bridgehead atoms. The van der Waals surface area contributed by atoms with E-state index in [-0.39, 0.29) is 91.1 Å². The molecular formula is C34H43N5O11. The minimum absolute atomic E-state index is 0.0482. The number of nitrogens with zero attached hydrogens (tertiary/aromatic N) is 5. The first-order valence-corrected chi connectivity index (χ1v) is 16.5. The first-order valence-electron chi connectivity index (χ1n) is 16.5. The number of hydrogen-bond acceptors (Lipinski definition) is 11. The number of aliphatic hydroxyl groups excluding tert-OH is 1. The van der Waals surface area contributed by atoms with Gasteiger partial charge < -0.3 is 30.3 Å². The van der Waals surface area contributed by atoms with Crippen LogP contribution in [0.15, 0.2) is 48.5 Å². The largest absolute Gasteiger partial charge is 0.480 e. The molecule has 1 aliphatic carbocycles. The molecule has 0 unspecified atom stereocenters. The van der Waals surface area contributed by atoms with Crippen molar-refractivity contribution in [3.8, 4) is 11.1 Å². The number of benzene rings is 2. The van der Waals surface area contributed by atoms with Gasteiger partial charge in [0.2, 0.25) is 0 Å². The van der Waals surface area contributed by atoms with Crippen LogP contribution in [0.25, 0.3) is 11.1 Å². The summed E-state index contributed by atoms with van der Waals surface area (Å²) in [5.41, 5.74) is 4.03. The quantitative estimate of drug-likeness (QED) is 0.220. The van der Waals surface area contributed by atoms with Gasteiger partial charge in [0.25, 0.3) is 0 Å². The van der Waals surface area contributed by atoms with Gasteiger partial charge in [0.15, 0.2) is 6.04 Å². The number of carbonyl (C=O) groups excluding carboxylic acids is 1. The number of ether oxygens (including phenoxy) is 1. The predicted molar refractivity (Wildman–Crippen MR) is 177 cm³/mol. The lowest BCUT2D eigenvalue weighted by molar-refractivity contribution is -0.144. The van der Waals surface area contributed by atoms with Crippen LogP contribution in [0.3, 0.4) is 0 Å². The topological polar surface area (TPSA) is 212 Å². The zero-order chi connectivity index (χ0) is 35.9. The van der Waals surface area contributed by atoms with E-state index >= 15 is 0 Å². The average molecular weight is 698 g/mol. The molecule has 0 saturated carbocycles. The molecule has 3 aliphatic rings. The maximum atomic E-state index is 13.6. The van der Waals surface area contributed by atoms with Crippen molar-refractivity contribution in [3.05, 3.63) is 59.7 Å². The van der Waals surface area contributed by atoms with Gasteiger partial charge in [-0.1, -0.05) is 48.5 Å². The van der Waals surface area contributed by atoms with Crippen molar-refractivity contribution in [1.29, 1.82) is 0 Å². The fourth-order valence-corrected chi connectivity index (χ4v) is 7.30. The molecule has 2 fully saturated rings. The smallest absolute Gasteiger partial charge is 0.410 e. The number of likely N-dealkylation sites (tertiary alicyclic amines) is 1. The van der Waals surface area contributed by atoms with Crippen molar-refractivity contribution < 1.29 is 54.2 Å². The third kappa shape index (κ3) is 8.75. The Morgan fingerprint density at radius 2 is 1.06 bits per heavy atom. The van der Waals surface area contributed by atoms with Crippen molar-refractivity contribution in [3.63, 3.8) is 0 Å². The lowest BCUT2D eigenvalue weighted by atomic mass is 9.98. The van der Waals surface area contributed by atoms with E-state index in [1.807, 2.05) is 48.5 Å². The number of β-amino-alcohol motifs (C(OH)–C–C–N with tert-alkyl or cyclic N) is 1. The SMILES string of the molecule is O=C(O)CN1CCN(CC(=O)O)CCN([C@@H]2[C@@H](O)CN(C(=O)OCC3c4ccccc4-c4ccccc43)[C@H]2C(=O)O)CCN(CC(=O)O)CC1. The Morgan fingerprint density at radius 1 is 0.640 bits per heavy atom. The van der Waals surface area contributed by atoms with Crippen molar-refractivity contribution >= 4 is 30.0 Å². The highest BCUT2D eigenvalue weighted by molar-refractivity contribution is 5.83. The van der Waals surface area contributed by atoms with E-state index in [0.717, 1.165) is 27.2 Å². The van der Waals surface area contributed by atoms with Gasteiger partial charge >= 0.3 is 30.0 Å². The van der Waals surface area contributed by atoms with E-state index in [1.165, 1.54) is 0 Å². The number of fused-ring (bicyclic) bond motifs is 3. The molecule has 2 aromatic carbocycles. The monoisotopic (exact) mass is 697 g/mol. The standard InChI is InChI=1S/C34H43N5O11/c40-27-17-39(34(49)50-21-26-24-7-3-1-5-22(24)23-6-2-4-8-25(23)26)32(33(47)48)31(27)38-15-13-36(19-29(43)44)11-9-35(18-28(41)42)10-12-37(14-16-38)20-30(45)46/h1-8,26-27,31-32,40H,9-21H2,(H,41,42)(H,43,44)(H,45,46)(H,47,48)/t27-,31+,32+/m0/s1. The Hall–Kier alpha value is -4.61. The summed E-state index contributed by atoms with van der Waals surface area (Å²) in [7, 11) is 0. The second-order valence-corrected chi connectivity index (χ2v) is 12.8. The summed E-state index contributed by atoms with van der Waals surface area (Å²) in [6.45, 7) is -0.268. The highest BCUT2D eigenvalue weighted by atomic mass is 16.6. The molecule has 2 aromatic rings. The average Bonchev–Trinajstić information content (AvgIpc) is 3.58. The normalized spacial score (nSPS) is 23.0. The van der Waals surface area contributed by atoms with Crippen LogP contribution in [0.1, 0.15) is 17.0 Å². The summed E-state index contributed by atoms with van der Waals surface area (Å²) >= 11 is 0. The molecule has 2 saturated heterocycles. The van der Waals surface area contributed by atoms with Crippen LogP contribution in [-0.4, -0.2) is 183 Å². The summed E-state index contributed by atoms with van der Waals surface area (Å²) in [6, 6.07) is 13.0. The maximum absolute atomic E-state index is 13.6. The number of carboxylic acids is 4. The van der Waals surface area contributed by atoms with Gasteiger partial charge in [-0.3, -0.25) is 38.9 Å². The van der Waals surface area contributed by atoms with Gasteiger partial charge in [-0.2, -0.15) is 0 Å². The maximum Gasteiger partial charge on any atom is 0.410 e. The van der Waals surface area contributed by atoms with Crippen molar-refractivity contribution in [2.45, 2.75) is 24.1 Å². The number of amides is 1. The van der Waals surface area contributed by atoms with Crippen molar-refractivity contribution in [1.82, 2.24) is 24.5 Å². The van der Waals surface area contributed by atoms with E-state index in [2.05, 4.69) is 0 Å². The van der Waals surface area contributed by atoms with Crippen LogP contribution >= 0.6 is 0 Å². The summed E-state index contributed by atoms with van der Waals surface area (Å²) in [4.78, 5) is 68.7. The van der Waals surface area contributed by atoms with E-state index < -0.39 is 48.2 Å². The van der Waals surface area contributed by atoms with Gasteiger partial charge in [0.05, 0.1) is 38.3 Å². The van der Waals surface area contributed by atoms with Crippen LogP contribution < -0.4 is 0 Å². The molecule has 1 amide bonds. The Bertz CT molecular complexity index is 1500. The third-order valence-electron chi connectivity index (χ3n) is 9.63. The van der Waals surface area contributed by atoms with Crippen LogP contribution in [-0.2, 0) is 23.9 Å². The molecule has 0 spiro atoms. The number of carboxylic acid groups (broad SMARTS) is 4. The van der Waals surface area contributed by atoms with Gasteiger partial charge in [0, 0.05) is 58.3 Å².